The average molecular weight is 288 g/mol. The molecule has 2 nitrogen and oxygen atoms in total. The largest absolute Gasteiger partial charge is 0.236 e. The third-order valence-electron chi connectivity index (χ3n) is 3.99. The van der Waals surface area contributed by atoms with E-state index < -0.39 is 0 Å². The second-order valence-corrected chi connectivity index (χ2v) is 5.31. The summed E-state index contributed by atoms with van der Waals surface area (Å²) in [5, 5.41) is 0. The predicted octanol–water partition coefficient (Wildman–Crippen LogP) is 4.94. The van der Waals surface area contributed by atoms with E-state index in [0.29, 0.717) is 0 Å². The van der Waals surface area contributed by atoms with E-state index in [1.165, 1.54) is 16.7 Å². The number of aromatic nitrogens is 2. The number of hydrogen-bond donors (Lipinski definition) is 0. The summed E-state index contributed by atoms with van der Waals surface area (Å²) in [6, 6.07) is 18.9. The average Bonchev–Trinajstić information content (AvgIpc) is 2.61. The zero-order chi connectivity index (χ0) is 15.4. The molecule has 0 aliphatic carbocycles. The van der Waals surface area contributed by atoms with Crippen molar-refractivity contribution in [3.63, 3.8) is 0 Å². The summed E-state index contributed by atoms with van der Waals surface area (Å²) in [6.45, 7) is 4.38. The van der Waals surface area contributed by atoms with Gasteiger partial charge >= 0.3 is 0 Å². The molecule has 1 aromatic heterocycles. The van der Waals surface area contributed by atoms with Crippen molar-refractivity contribution in [2.45, 2.75) is 26.7 Å². The number of aryl methyl sites for hydroxylation is 2. The maximum Gasteiger partial charge on any atom is 0.116 e. The molecule has 0 amide bonds. The number of nitrogens with zero attached hydrogens (tertiary/aromatic N) is 2. The molecule has 0 aliphatic heterocycles. The van der Waals surface area contributed by atoms with Crippen LogP contribution in [0.2, 0.25) is 0 Å². The minimum Gasteiger partial charge on any atom is -0.236 e. The van der Waals surface area contributed by atoms with Crippen LogP contribution in [-0.2, 0) is 12.8 Å². The van der Waals surface area contributed by atoms with Crippen LogP contribution in [0.15, 0.2) is 60.9 Å². The minimum absolute atomic E-state index is 0.971. The first kappa shape index (κ1) is 14.5. The fraction of sp³-hybridized carbons (Fsp3) is 0.200. The summed E-state index contributed by atoms with van der Waals surface area (Å²) in [5.41, 5.74) is 7.07. The smallest absolute Gasteiger partial charge is 0.116 e. The third-order valence-corrected chi connectivity index (χ3v) is 3.99. The summed E-state index contributed by atoms with van der Waals surface area (Å²) in [7, 11) is 0. The highest BCUT2D eigenvalue weighted by molar-refractivity contribution is 5.72. The van der Waals surface area contributed by atoms with Crippen molar-refractivity contribution in [2.24, 2.45) is 0 Å². The Morgan fingerprint density at radius 2 is 1.36 bits per heavy atom. The topological polar surface area (TPSA) is 25.8 Å². The van der Waals surface area contributed by atoms with Crippen LogP contribution in [0.4, 0.5) is 0 Å². The van der Waals surface area contributed by atoms with Gasteiger partial charge in [0.05, 0.1) is 11.4 Å². The molecule has 1 heterocycles. The zero-order valence-electron chi connectivity index (χ0n) is 13.1. The molecule has 0 radical (unpaired) electrons. The molecule has 3 aromatic rings. The molecule has 0 bridgehead atoms. The van der Waals surface area contributed by atoms with Gasteiger partial charge in [-0.2, -0.15) is 0 Å². The lowest BCUT2D eigenvalue weighted by Gasteiger charge is -2.13. The SMILES string of the molecule is CCc1cccc(CC)c1-c1cc(-c2ccccc2)ncn1. The summed E-state index contributed by atoms with van der Waals surface area (Å²) < 4.78 is 0. The Hall–Kier alpha value is -2.48. The minimum atomic E-state index is 0.971. The normalized spacial score (nSPS) is 10.6. The van der Waals surface area contributed by atoms with Gasteiger partial charge in [0.25, 0.3) is 0 Å². The highest BCUT2D eigenvalue weighted by Gasteiger charge is 2.11. The molecule has 110 valence electrons. The number of hydrogen-bond acceptors (Lipinski definition) is 2. The van der Waals surface area contributed by atoms with Crippen molar-refractivity contribution in [3.8, 4) is 22.5 Å². The number of rotatable bonds is 4. The first-order chi connectivity index (χ1) is 10.8. The Balaban J connectivity index is 2.14. The summed E-state index contributed by atoms with van der Waals surface area (Å²) in [5.74, 6) is 0. The van der Waals surface area contributed by atoms with Gasteiger partial charge in [-0.05, 0) is 30.0 Å². The van der Waals surface area contributed by atoms with E-state index in [0.717, 1.165) is 29.8 Å². The van der Waals surface area contributed by atoms with Crippen LogP contribution in [0, 0.1) is 0 Å². The maximum atomic E-state index is 4.54. The fourth-order valence-electron chi connectivity index (χ4n) is 2.83. The molecule has 22 heavy (non-hydrogen) atoms. The Bertz CT molecular complexity index is 741. The Morgan fingerprint density at radius 3 is 2.00 bits per heavy atom. The van der Waals surface area contributed by atoms with Crippen molar-refractivity contribution in [2.75, 3.05) is 0 Å². The Labute approximate surface area is 131 Å². The van der Waals surface area contributed by atoms with Crippen molar-refractivity contribution < 1.29 is 0 Å². The standard InChI is InChI=1S/C20H20N2/c1-3-15-11-8-12-16(4-2)20(15)19-13-18(21-14-22-19)17-9-6-5-7-10-17/h5-14H,3-4H2,1-2H3. The monoisotopic (exact) mass is 288 g/mol. The van der Waals surface area contributed by atoms with Gasteiger partial charge in [-0.3, -0.25) is 0 Å². The molecule has 0 saturated carbocycles. The summed E-state index contributed by atoms with van der Waals surface area (Å²) in [4.78, 5) is 8.98. The first-order valence-electron chi connectivity index (χ1n) is 7.82. The molecule has 0 unspecified atom stereocenters. The van der Waals surface area contributed by atoms with Crippen LogP contribution in [0.3, 0.4) is 0 Å². The van der Waals surface area contributed by atoms with E-state index in [4.69, 9.17) is 0 Å². The van der Waals surface area contributed by atoms with E-state index in [1.54, 1.807) is 6.33 Å². The fourth-order valence-corrected chi connectivity index (χ4v) is 2.83. The number of benzene rings is 2. The lowest BCUT2D eigenvalue weighted by molar-refractivity contribution is 1.07. The van der Waals surface area contributed by atoms with E-state index in [2.05, 4.69) is 60.2 Å². The van der Waals surface area contributed by atoms with Gasteiger partial charge in [0.1, 0.15) is 6.33 Å². The first-order valence-corrected chi connectivity index (χ1v) is 7.82. The lowest BCUT2D eigenvalue weighted by Crippen LogP contribution is -1.97. The van der Waals surface area contributed by atoms with Gasteiger partial charge in [-0.25, -0.2) is 9.97 Å². The summed E-state index contributed by atoms with van der Waals surface area (Å²) >= 11 is 0. The molecule has 0 atom stereocenters. The van der Waals surface area contributed by atoms with Crippen molar-refractivity contribution in [3.05, 3.63) is 72.1 Å². The van der Waals surface area contributed by atoms with E-state index in [1.807, 2.05) is 18.2 Å². The Morgan fingerprint density at radius 1 is 0.727 bits per heavy atom. The van der Waals surface area contributed by atoms with Crippen molar-refractivity contribution in [1.82, 2.24) is 9.97 Å². The van der Waals surface area contributed by atoms with Crippen molar-refractivity contribution >= 4 is 0 Å². The molecule has 2 heteroatoms. The van der Waals surface area contributed by atoms with Crippen molar-refractivity contribution in [1.29, 1.82) is 0 Å². The van der Waals surface area contributed by atoms with Gasteiger partial charge in [0.15, 0.2) is 0 Å². The highest BCUT2D eigenvalue weighted by atomic mass is 14.8. The molecule has 3 rings (SSSR count). The van der Waals surface area contributed by atoms with Crippen LogP contribution in [0.1, 0.15) is 25.0 Å². The van der Waals surface area contributed by atoms with Crippen LogP contribution in [0.25, 0.3) is 22.5 Å². The van der Waals surface area contributed by atoms with Crippen LogP contribution in [-0.4, -0.2) is 9.97 Å². The third kappa shape index (κ3) is 2.77. The molecule has 0 fully saturated rings. The molecule has 2 aromatic carbocycles. The van der Waals surface area contributed by atoms with E-state index >= 15 is 0 Å². The maximum absolute atomic E-state index is 4.54. The molecule has 0 saturated heterocycles. The molecule has 0 spiro atoms. The van der Waals surface area contributed by atoms with E-state index in [-0.39, 0.29) is 0 Å². The Kier molecular flexibility index (Phi) is 4.29. The van der Waals surface area contributed by atoms with Crippen LogP contribution >= 0.6 is 0 Å². The molecular formula is C20H20N2. The van der Waals surface area contributed by atoms with Crippen LogP contribution in [0.5, 0.6) is 0 Å². The van der Waals surface area contributed by atoms with E-state index in [9.17, 15) is 0 Å². The van der Waals surface area contributed by atoms with Crippen LogP contribution < -0.4 is 0 Å². The van der Waals surface area contributed by atoms with Gasteiger partial charge in [-0.15, -0.1) is 0 Å². The quantitative estimate of drug-likeness (QED) is 0.680. The van der Waals surface area contributed by atoms with Gasteiger partial charge in [0, 0.05) is 11.1 Å². The van der Waals surface area contributed by atoms with Gasteiger partial charge < -0.3 is 0 Å². The summed E-state index contributed by atoms with van der Waals surface area (Å²) in [6.07, 6.45) is 3.69. The second kappa shape index (κ2) is 6.52. The zero-order valence-corrected chi connectivity index (χ0v) is 13.1. The highest BCUT2D eigenvalue weighted by Crippen LogP contribution is 2.29. The molecular weight excluding hydrogens is 268 g/mol. The molecule has 0 N–H and O–H groups in total. The second-order valence-electron chi connectivity index (χ2n) is 5.31. The predicted molar refractivity (Wildman–Crippen MR) is 91.7 cm³/mol. The van der Waals surface area contributed by atoms with Gasteiger partial charge in [-0.1, -0.05) is 62.4 Å². The molecule has 0 aliphatic rings. The lowest BCUT2D eigenvalue weighted by atomic mass is 9.94. The van der Waals surface area contributed by atoms with Gasteiger partial charge in [0.2, 0.25) is 0 Å².